The van der Waals surface area contributed by atoms with Crippen molar-refractivity contribution < 1.29 is 19.1 Å². The third-order valence-corrected chi connectivity index (χ3v) is 3.69. The van der Waals surface area contributed by atoms with Gasteiger partial charge in [-0.05, 0) is 39.2 Å². The number of esters is 1. The molecule has 0 aliphatic carbocycles. The molecule has 1 aromatic carbocycles. The maximum Gasteiger partial charge on any atom is 0.411 e. The van der Waals surface area contributed by atoms with Gasteiger partial charge >= 0.3 is 12.1 Å². The van der Waals surface area contributed by atoms with E-state index in [0.717, 1.165) is 11.1 Å². The first-order chi connectivity index (χ1) is 11.3. The number of piperidine rings is 1. The molecule has 0 spiro atoms. The SMILES string of the molecule is C=C1CCN(C(=O)OC(C)(C)C)C(C(=O)OCc2ccccc2)C1. The quantitative estimate of drug-likeness (QED) is 0.626. The third kappa shape index (κ3) is 5.11. The molecule has 1 saturated heterocycles. The third-order valence-electron chi connectivity index (χ3n) is 3.69. The molecule has 1 unspecified atom stereocenters. The molecule has 0 aromatic heterocycles. The molecule has 1 heterocycles. The van der Waals surface area contributed by atoms with E-state index in [1.807, 2.05) is 30.3 Å². The average molecular weight is 331 g/mol. The van der Waals surface area contributed by atoms with Gasteiger partial charge in [-0.3, -0.25) is 4.90 Å². The molecule has 0 saturated carbocycles. The highest BCUT2D eigenvalue weighted by atomic mass is 16.6. The van der Waals surface area contributed by atoms with E-state index in [1.54, 1.807) is 20.8 Å². The van der Waals surface area contributed by atoms with Gasteiger partial charge < -0.3 is 9.47 Å². The lowest BCUT2D eigenvalue weighted by atomic mass is 9.98. The van der Waals surface area contributed by atoms with E-state index in [0.29, 0.717) is 19.4 Å². The Morgan fingerprint density at radius 1 is 1.25 bits per heavy atom. The van der Waals surface area contributed by atoms with E-state index in [1.165, 1.54) is 4.90 Å². The second-order valence-electron chi connectivity index (χ2n) is 6.99. The fourth-order valence-corrected chi connectivity index (χ4v) is 2.49. The maximum atomic E-state index is 12.5. The van der Waals surface area contributed by atoms with Crippen molar-refractivity contribution in [2.45, 2.75) is 51.9 Å². The Labute approximate surface area is 143 Å². The lowest BCUT2D eigenvalue weighted by molar-refractivity contribution is -0.151. The van der Waals surface area contributed by atoms with E-state index < -0.39 is 23.7 Å². The van der Waals surface area contributed by atoms with Crippen LogP contribution in [0.2, 0.25) is 0 Å². The van der Waals surface area contributed by atoms with Crippen molar-refractivity contribution in [2.24, 2.45) is 0 Å². The molecule has 0 N–H and O–H groups in total. The minimum Gasteiger partial charge on any atom is -0.459 e. The molecule has 1 aromatic rings. The van der Waals surface area contributed by atoms with Gasteiger partial charge in [0.15, 0.2) is 0 Å². The summed E-state index contributed by atoms with van der Waals surface area (Å²) in [5, 5.41) is 0. The average Bonchev–Trinajstić information content (AvgIpc) is 2.51. The Morgan fingerprint density at radius 3 is 2.54 bits per heavy atom. The molecule has 1 aliphatic rings. The molecule has 0 bridgehead atoms. The predicted molar refractivity (Wildman–Crippen MR) is 91.3 cm³/mol. The number of hydrogen-bond donors (Lipinski definition) is 0. The first kappa shape index (κ1) is 18.0. The van der Waals surface area contributed by atoms with Crippen molar-refractivity contribution in [3.05, 3.63) is 48.0 Å². The van der Waals surface area contributed by atoms with Crippen molar-refractivity contribution in [3.8, 4) is 0 Å². The summed E-state index contributed by atoms with van der Waals surface area (Å²) in [6.45, 7) is 9.95. The second kappa shape index (κ2) is 7.51. The van der Waals surface area contributed by atoms with Gasteiger partial charge in [0, 0.05) is 6.54 Å². The van der Waals surface area contributed by atoms with Crippen molar-refractivity contribution in [3.63, 3.8) is 0 Å². The number of ether oxygens (including phenoxy) is 2. The Kier molecular flexibility index (Phi) is 5.65. The number of benzene rings is 1. The van der Waals surface area contributed by atoms with Crippen LogP contribution in [0.5, 0.6) is 0 Å². The number of hydrogen-bond acceptors (Lipinski definition) is 4. The van der Waals surface area contributed by atoms with E-state index in [9.17, 15) is 9.59 Å². The Hall–Kier alpha value is -2.30. The first-order valence-corrected chi connectivity index (χ1v) is 8.13. The molecule has 5 heteroatoms. The molecule has 130 valence electrons. The molecule has 1 atom stereocenters. The van der Waals surface area contributed by atoms with Crippen LogP contribution in [0, 0.1) is 0 Å². The van der Waals surface area contributed by atoms with Gasteiger partial charge in [0.25, 0.3) is 0 Å². The summed E-state index contributed by atoms with van der Waals surface area (Å²) in [4.78, 5) is 26.3. The van der Waals surface area contributed by atoms with Crippen LogP contribution in [0.1, 0.15) is 39.2 Å². The Morgan fingerprint density at radius 2 is 1.92 bits per heavy atom. The first-order valence-electron chi connectivity index (χ1n) is 8.13. The molecule has 1 fully saturated rings. The highest BCUT2D eigenvalue weighted by Gasteiger charge is 2.36. The topological polar surface area (TPSA) is 55.8 Å². The molecule has 24 heavy (non-hydrogen) atoms. The smallest absolute Gasteiger partial charge is 0.411 e. The molecule has 1 aliphatic heterocycles. The van der Waals surface area contributed by atoms with Gasteiger partial charge in [0.1, 0.15) is 18.2 Å². The molecule has 2 rings (SSSR count). The summed E-state index contributed by atoms with van der Waals surface area (Å²) in [5.74, 6) is -0.425. The van der Waals surface area contributed by atoms with Gasteiger partial charge in [0.2, 0.25) is 0 Å². The maximum absolute atomic E-state index is 12.5. The van der Waals surface area contributed by atoms with Crippen LogP contribution in [0.15, 0.2) is 42.5 Å². The highest BCUT2D eigenvalue weighted by molar-refractivity contribution is 5.82. The van der Waals surface area contributed by atoms with Gasteiger partial charge in [-0.1, -0.05) is 42.5 Å². The van der Waals surface area contributed by atoms with Crippen LogP contribution in [-0.4, -0.2) is 35.2 Å². The van der Waals surface area contributed by atoms with Crippen molar-refractivity contribution in [2.75, 3.05) is 6.54 Å². The van der Waals surface area contributed by atoms with Crippen LogP contribution >= 0.6 is 0 Å². The monoisotopic (exact) mass is 331 g/mol. The zero-order chi connectivity index (χ0) is 17.7. The molecule has 0 radical (unpaired) electrons. The van der Waals surface area contributed by atoms with Crippen LogP contribution in [-0.2, 0) is 20.9 Å². The predicted octanol–water partition coefficient (Wildman–Crippen LogP) is 3.69. The summed E-state index contributed by atoms with van der Waals surface area (Å²) in [7, 11) is 0. The summed E-state index contributed by atoms with van der Waals surface area (Å²) in [6.07, 6.45) is 0.589. The summed E-state index contributed by atoms with van der Waals surface area (Å²) in [6, 6.07) is 8.78. The molecule has 5 nitrogen and oxygen atoms in total. The number of carbonyl (C=O) groups excluding carboxylic acids is 2. The standard InChI is InChI=1S/C19H25NO4/c1-14-10-11-20(18(22)24-19(2,3)4)16(12-14)17(21)23-13-15-8-6-5-7-9-15/h5-9,16H,1,10-13H2,2-4H3. The lowest BCUT2D eigenvalue weighted by Crippen LogP contribution is -2.50. The lowest BCUT2D eigenvalue weighted by Gasteiger charge is -2.36. The molecular formula is C19H25NO4. The van der Waals surface area contributed by atoms with Crippen molar-refractivity contribution >= 4 is 12.1 Å². The number of carbonyl (C=O) groups is 2. The zero-order valence-corrected chi connectivity index (χ0v) is 14.6. The number of likely N-dealkylation sites (tertiary alicyclic amines) is 1. The van der Waals surface area contributed by atoms with Crippen LogP contribution in [0.25, 0.3) is 0 Å². The second-order valence-corrected chi connectivity index (χ2v) is 6.99. The fourth-order valence-electron chi connectivity index (χ4n) is 2.49. The van der Waals surface area contributed by atoms with Gasteiger partial charge in [-0.15, -0.1) is 0 Å². The number of nitrogens with zero attached hydrogens (tertiary/aromatic N) is 1. The van der Waals surface area contributed by atoms with E-state index in [4.69, 9.17) is 9.47 Å². The minimum atomic E-state index is -0.676. The van der Waals surface area contributed by atoms with Crippen LogP contribution in [0.4, 0.5) is 4.79 Å². The van der Waals surface area contributed by atoms with Gasteiger partial charge in [-0.25, -0.2) is 9.59 Å². The van der Waals surface area contributed by atoms with Crippen LogP contribution in [0.3, 0.4) is 0 Å². The van der Waals surface area contributed by atoms with Gasteiger partial charge in [-0.2, -0.15) is 0 Å². The zero-order valence-electron chi connectivity index (χ0n) is 14.6. The Balaban J connectivity index is 2.03. The summed E-state index contributed by atoms with van der Waals surface area (Å²) in [5.41, 5.74) is 1.24. The molecule has 1 amide bonds. The van der Waals surface area contributed by atoms with Crippen LogP contribution < -0.4 is 0 Å². The van der Waals surface area contributed by atoms with Crippen molar-refractivity contribution in [1.29, 1.82) is 0 Å². The summed E-state index contributed by atoms with van der Waals surface area (Å²) < 4.78 is 10.8. The number of rotatable bonds is 3. The Bertz CT molecular complexity index is 604. The fraction of sp³-hybridized carbons (Fsp3) is 0.474. The summed E-state index contributed by atoms with van der Waals surface area (Å²) >= 11 is 0. The molecular weight excluding hydrogens is 306 g/mol. The van der Waals surface area contributed by atoms with Crippen molar-refractivity contribution in [1.82, 2.24) is 4.90 Å². The van der Waals surface area contributed by atoms with E-state index >= 15 is 0 Å². The normalized spacial score (nSPS) is 18.2. The minimum absolute atomic E-state index is 0.185. The number of amides is 1. The van der Waals surface area contributed by atoms with Gasteiger partial charge in [0.05, 0.1) is 0 Å². The largest absolute Gasteiger partial charge is 0.459 e. The highest BCUT2D eigenvalue weighted by Crippen LogP contribution is 2.24. The van der Waals surface area contributed by atoms with E-state index in [-0.39, 0.29) is 6.61 Å². The van der Waals surface area contributed by atoms with E-state index in [2.05, 4.69) is 6.58 Å².